The fourth-order valence-corrected chi connectivity index (χ4v) is 5.05. The van der Waals surface area contributed by atoms with Crippen molar-refractivity contribution in [1.29, 1.82) is 0 Å². The molecule has 16 heavy (non-hydrogen) atoms. The van der Waals surface area contributed by atoms with E-state index in [1.54, 1.807) is 10.4 Å². The predicted octanol–water partition coefficient (Wildman–Crippen LogP) is 3.84. The molecular weight excluding hydrogens is 234 g/mol. The van der Waals surface area contributed by atoms with Crippen LogP contribution in [-0.4, -0.2) is 12.8 Å². The number of rotatable bonds is 2. The SMILES string of the molecule is CNC(c1cc2c(s1)CCSC2)C(C)(C)C. The Bertz CT molecular complexity index is 339. The Morgan fingerprint density at radius 1 is 1.38 bits per heavy atom. The van der Waals surface area contributed by atoms with Crippen molar-refractivity contribution in [2.24, 2.45) is 5.41 Å². The van der Waals surface area contributed by atoms with Crippen molar-refractivity contribution < 1.29 is 0 Å². The molecule has 1 nitrogen and oxygen atoms in total. The van der Waals surface area contributed by atoms with E-state index in [1.165, 1.54) is 22.8 Å². The molecule has 3 heteroatoms. The first-order valence-electron chi connectivity index (χ1n) is 5.89. The minimum Gasteiger partial charge on any atom is -0.312 e. The van der Waals surface area contributed by atoms with Crippen molar-refractivity contribution in [3.8, 4) is 0 Å². The van der Waals surface area contributed by atoms with Gasteiger partial charge in [0.05, 0.1) is 0 Å². The zero-order valence-electron chi connectivity index (χ0n) is 10.6. The zero-order chi connectivity index (χ0) is 11.8. The van der Waals surface area contributed by atoms with Gasteiger partial charge in [0, 0.05) is 21.5 Å². The highest BCUT2D eigenvalue weighted by Crippen LogP contribution is 2.40. The van der Waals surface area contributed by atoms with Gasteiger partial charge in [-0.05, 0) is 36.3 Å². The lowest BCUT2D eigenvalue weighted by atomic mass is 9.86. The number of hydrogen-bond acceptors (Lipinski definition) is 3. The fourth-order valence-electron chi connectivity index (χ4n) is 2.31. The summed E-state index contributed by atoms with van der Waals surface area (Å²) in [7, 11) is 2.07. The van der Waals surface area contributed by atoms with Gasteiger partial charge in [0.25, 0.3) is 0 Å². The first-order chi connectivity index (χ1) is 7.52. The summed E-state index contributed by atoms with van der Waals surface area (Å²) in [6, 6.07) is 2.91. The minimum absolute atomic E-state index is 0.287. The molecule has 0 saturated carbocycles. The van der Waals surface area contributed by atoms with E-state index in [0.29, 0.717) is 6.04 Å². The van der Waals surface area contributed by atoms with Crippen molar-refractivity contribution in [3.63, 3.8) is 0 Å². The van der Waals surface area contributed by atoms with E-state index in [4.69, 9.17) is 0 Å². The lowest BCUT2D eigenvalue weighted by Crippen LogP contribution is -2.28. The number of thioether (sulfide) groups is 1. The summed E-state index contributed by atoms with van der Waals surface area (Å²) in [6.45, 7) is 6.92. The third-order valence-electron chi connectivity index (χ3n) is 3.09. The zero-order valence-corrected chi connectivity index (χ0v) is 12.2. The molecule has 1 unspecified atom stereocenters. The number of hydrogen-bond donors (Lipinski definition) is 1. The minimum atomic E-state index is 0.287. The molecule has 1 atom stereocenters. The Labute approximate surface area is 107 Å². The highest BCUT2D eigenvalue weighted by molar-refractivity contribution is 7.98. The second kappa shape index (κ2) is 4.71. The van der Waals surface area contributed by atoms with Crippen LogP contribution in [0.25, 0.3) is 0 Å². The van der Waals surface area contributed by atoms with Crippen LogP contribution in [0.4, 0.5) is 0 Å². The van der Waals surface area contributed by atoms with Gasteiger partial charge >= 0.3 is 0 Å². The molecule has 0 aliphatic carbocycles. The maximum absolute atomic E-state index is 3.47. The largest absolute Gasteiger partial charge is 0.312 e. The van der Waals surface area contributed by atoms with E-state index in [-0.39, 0.29) is 5.41 Å². The summed E-state index contributed by atoms with van der Waals surface area (Å²) < 4.78 is 0. The molecule has 1 aromatic rings. The molecule has 2 heterocycles. The van der Waals surface area contributed by atoms with Gasteiger partial charge in [-0.15, -0.1) is 11.3 Å². The average molecular weight is 255 g/mol. The van der Waals surface area contributed by atoms with Crippen LogP contribution in [0.3, 0.4) is 0 Å². The Hall–Kier alpha value is 0.01000. The summed E-state index contributed by atoms with van der Waals surface area (Å²) in [5.74, 6) is 2.51. The Morgan fingerprint density at radius 3 is 2.69 bits per heavy atom. The number of nitrogens with one attached hydrogen (secondary N) is 1. The third-order valence-corrected chi connectivity index (χ3v) is 5.40. The lowest BCUT2D eigenvalue weighted by molar-refractivity contribution is 0.291. The van der Waals surface area contributed by atoms with Crippen LogP contribution in [0.5, 0.6) is 0 Å². The smallest absolute Gasteiger partial charge is 0.0461 e. The van der Waals surface area contributed by atoms with Gasteiger partial charge in [-0.1, -0.05) is 20.8 Å². The maximum atomic E-state index is 3.47. The number of thiophene rings is 1. The van der Waals surface area contributed by atoms with Crippen molar-refractivity contribution in [2.75, 3.05) is 12.8 Å². The lowest BCUT2D eigenvalue weighted by Gasteiger charge is -2.29. The van der Waals surface area contributed by atoms with Gasteiger partial charge in [0.15, 0.2) is 0 Å². The average Bonchev–Trinajstić information content (AvgIpc) is 2.59. The van der Waals surface area contributed by atoms with Crippen molar-refractivity contribution >= 4 is 23.1 Å². The Balaban J connectivity index is 2.29. The van der Waals surface area contributed by atoms with Gasteiger partial charge in [-0.2, -0.15) is 11.8 Å². The van der Waals surface area contributed by atoms with E-state index in [1.807, 2.05) is 11.3 Å². The summed E-state index contributed by atoms with van der Waals surface area (Å²) in [5.41, 5.74) is 1.87. The standard InChI is InChI=1S/C13H21NS2/c1-13(2,3)12(14-4)11-7-9-8-15-6-5-10(9)16-11/h7,12,14H,5-6,8H2,1-4H3. The molecule has 1 aromatic heterocycles. The quantitative estimate of drug-likeness (QED) is 0.861. The second-order valence-electron chi connectivity index (χ2n) is 5.49. The normalized spacial score (nSPS) is 18.2. The Morgan fingerprint density at radius 2 is 2.12 bits per heavy atom. The van der Waals surface area contributed by atoms with E-state index in [2.05, 4.69) is 51.0 Å². The van der Waals surface area contributed by atoms with Crippen LogP contribution in [-0.2, 0) is 12.2 Å². The summed E-state index contributed by atoms with van der Waals surface area (Å²) >= 11 is 4.08. The van der Waals surface area contributed by atoms with Gasteiger partial charge in [-0.3, -0.25) is 0 Å². The van der Waals surface area contributed by atoms with Crippen LogP contribution in [0.1, 0.15) is 42.1 Å². The van der Waals surface area contributed by atoms with Crippen molar-refractivity contribution in [2.45, 2.75) is 39.0 Å². The van der Waals surface area contributed by atoms with E-state index >= 15 is 0 Å². The first-order valence-corrected chi connectivity index (χ1v) is 7.86. The molecule has 0 radical (unpaired) electrons. The van der Waals surface area contributed by atoms with Gasteiger partial charge in [-0.25, -0.2) is 0 Å². The van der Waals surface area contributed by atoms with Gasteiger partial charge in [0.1, 0.15) is 0 Å². The number of fused-ring (bicyclic) bond motifs is 1. The topological polar surface area (TPSA) is 12.0 Å². The predicted molar refractivity (Wildman–Crippen MR) is 75.4 cm³/mol. The van der Waals surface area contributed by atoms with Crippen molar-refractivity contribution in [1.82, 2.24) is 5.32 Å². The molecule has 0 amide bonds. The van der Waals surface area contributed by atoms with Crippen molar-refractivity contribution in [3.05, 3.63) is 21.4 Å². The van der Waals surface area contributed by atoms with Crippen LogP contribution in [0.2, 0.25) is 0 Å². The second-order valence-corrected chi connectivity index (χ2v) is 7.76. The molecule has 0 saturated heterocycles. The van der Waals surface area contributed by atoms with Gasteiger partial charge in [0.2, 0.25) is 0 Å². The summed E-state index contributed by atoms with van der Waals surface area (Å²) in [6.07, 6.45) is 1.27. The monoisotopic (exact) mass is 255 g/mol. The van der Waals surface area contributed by atoms with Crippen LogP contribution < -0.4 is 5.32 Å². The molecule has 1 aliphatic rings. The van der Waals surface area contributed by atoms with Crippen LogP contribution >= 0.6 is 23.1 Å². The molecule has 0 spiro atoms. The molecule has 1 N–H and O–H groups in total. The molecule has 0 aromatic carbocycles. The maximum Gasteiger partial charge on any atom is 0.0461 e. The highest BCUT2D eigenvalue weighted by atomic mass is 32.2. The summed E-state index contributed by atoms with van der Waals surface area (Å²) in [5, 5.41) is 3.47. The van der Waals surface area contributed by atoms with Crippen LogP contribution in [0, 0.1) is 5.41 Å². The van der Waals surface area contributed by atoms with E-state index < -0.39 is 0 Å². The molecular formula is C13H21NS2. The highest BCUT2D eigenvalue weighted by Gasteiger charge is 2.27. The molecule has 0 bridgehead atoms. The van der Waals surface area contributed by atoms with Crippen LogP contribution in [0.15, 0.2) is 6.07 Å². The molecule has 1 aliphatic heterocycles. The van der Waals surface area contributed by atoms with E-state index in [9.17, 15) is 0 Å². The number of aryl methyl sites for hydroxylation is 1. The van der Waals surface area contributed by atoms with Gasteiger partial charge < -0.3 is 5.32 Å². The fraction of sp³-hybridized carbons (Fsp3) is 0.692. The van der Waals surface area contributed by atoms with E-state index in [0.717, 1.165) is 0 Å². The summed E-state index contributed by atoms with van der Waals surface area (Å²) in [4.78, 5) is 3.14. The third kappa shape index (κ3) is 2.47. The first kappa shape index (κ1) is 12.5. The molecule has 2 rings (SSSR count). The molecule has 90 valence electrons. The Kier molecular flexibility index (Phi) is 3.67. The molecule has 0 fully saturated rings.